The molecule has 0 fully saturated rings. The molecule has 5 rings (SSSR count). The Morgan fingerprint density at radius 3 is 2.28 bits per heavy atom. The second-order valence-corrected chi connectivity index (χ2v) is 8.92. The minimum Gasteiger partial charge on any atom is -0.489 e. The Balaban J connectivity index is 1.47. The average Bonchev–Trinajstić information content (AvgIpc) is 2.82. The third kappa shape index (κ3) is 4.21. The van der Waals surface area contributed by atoms with Crippen LogP contribution in [0.5, 0.6) is 5.75 Å². The fourth-order valence-corrected chi connectivity index (χ4v) is 4.69. The zero-order chi connectivity index (χ0) is 21.9. The van der Waals surface area contributed by atoms with Crippen molar-refractivity contribution < 1.29 is 4.74 Å². The molecule has 0 saturated heterocycles. The molecule has 0 spiro atoms. The first-order chi connectivity index (χ1) is 15.7. The van der Waals surface area contributed by atoms with Gasteiger partial charge in [-0.2, -0.15) is 0 Å². The third-order valence-electron chi connectivity index (χ3n) is 5.90. The van der Waals surface area contributed by atoms with Crippen LogP contribution in [0.3, 0.4) is 0 Å². The number of aryl methyl sites for hydroxylation is 1. The topological polar surface area (TPSA) is 21.3 Å². The van der Waals surface area contributed by atoms with E-state index in [2.05, 4.69) is 125 Å². The third-order valence-corrected chi connectivity index (χ3v) is 6.40. The number of ether oxygens (including phenoxy) is 1. The van der Waals surface area contributed by atoms with Gasteiger partial charge in [-0.25, -0.2) is 0 Å². The molecule has 0 aromatic heterocycles. The van der Waals surface area contributed by atoms with Crippen LogP contribution in [0.4, 0.5) is 5.69 Å². The zero-order valence-electron chi connectivity index (χ0n) is 17.9. The molecule has 5 aromatic rings. The first-order valence-electron chi connectivity index (χ1n) is 10.8. The monoisotopic (exact) mass is 481 g/mol. The number of hydrogen-bond acceptors (Lipinski definition) is 2. The van der Waals surface area contributed by atoms with Gasteiger partial charge in [0.1, 0.15) is 12.4 Å². The van der Waals surface area contributed by atoms with E-state index in [1.54, 1.807) is 0 Å². The first kappa shape index (κ1) is 20.6. The largest absolute Gasteiger partial charge is 0.489 e. The van der Waals surface area contributed by atoms with Gasteiger partial charge >= 0.3 is 0 Å². The second kappa shape index (κ2) is 9.05. The van der Waals surface area contributed by atoms with Gasteiger partial charge in [-0.3, -0.25) is 0 Å². The molecular formula is C29H24BrNO. The molecule has 0 aliphatic carbocycles. The molecule has 158 valence electrons. The number of hydrogen-bond donors (Lipinski definition) is 1. The van der Waals surface area contributed by atoms with Crippen LogP contribution < -0.4 is 10.1 Å². The average molecular weight is 482 g/mol. The summed E-state index contributed by atoms with van der Waals surface area (Å²) in [5, 5.41) is 8.52. The molecule has 0 aliphatic rings. The van der Waals surface area contributed by atoms with Crippen molar-refractivity contribution >= 4 is 43.2 Å². The Kier molecular flexibility index (Phi) is 5.83. The normalized spacial score (nSPS) is 11.1. The van der Waals surface area contributed by atoms with Gasteiger partial charge in [-0.15, -0.1) is 0 Å². The zero-order valence-corrected chi connectivity index (χ0v) is 19.5. The van der Waals surface area contributed by atoms with Gasteiger partial charge in [0, 0.05) is 22.3 Å². The fraction of sp³-hybridized carbons (Fsp3) is 0.103. The molecule has 0 heterocycles. The van der Waals surface area contributed by atoms with Crippen LogP contribution in [-0.2, 0) is 13.2 Å². The lowest BCUT2D eigenvalue weighted by atomic mass is 10.0. The predicted octanol–water partition coefficient (Wildman–Crippen LogP) is 8.26. The van der Waals surface area contributed by atoms with Gasteiger partial charge in [0.15, 0.2) is 0 Å². The summed E-state index contributed by atoms with van der Waals surface area (Å²) in [7, 11) is 0. The molecule has 0 atom stereocenters. The molecule has 3 heteroatoms. The number of benzene rings is 5. The maximum absolute atomic E-state index is 6.43. The van der Waals surface area contributed by atoms with Crippen molar-refractivity contribution in [3.63, 3.8) is 0 Å². The van der Waals surface area contributed by atoms with Gasteiger partial charge in [0.25, 0.3) is 0 Å². The minimum atomic E-state index is 0.532. The SMILES string of the molecule is Cc1cc(Br)ccc1NCc1c(OCc2cccc3ccccc23)ccc2ccccc12. The van der Waals surface area contributed by atoms with Crippen molar-refractivity contribution in [2.75, 3.05) is 5.32 Å². The second-order valence-electron chi connectivity index (χ2n) is 8.00. The molecule has 1 N–H and O–H groups in total. The Bertz CT molecular complexity index is 1400. The van der Waals surface area contributed by atoms with Crippen LogP contribution in [0, 0.1) is 6.92 Å². The first-order valence-corrected chi connectivity index (χ1v) is 11.6. The molecule has 0 aliphatic heterocycles. The predicted molar refractivity (Wildman–Crippen MR) is 138 cm³/mol. The van der Waals surface area contributed by atoms with Crippen molar-refractivity contribution in [2.24, 2.45) is 0 Å². The van der Waals surface area contributed by atoms with Crippen molar-refractivity contribution in [1.29, 1.82) is 0 Å². The van der Waals surface area contributed by atoms with E-state index in [-0.39, 0.29) is 0 Å². The maximum atomic E-state index is 6.43. The van der Waals surface area contributed by atoms with Crippen molar-refractivity contribution in [2.45, 2.75) is 20.1 Å². The van der Waals surface area contributed by atoms with Gasteiger partial charge in [0.2, 0.25) is 0 Å². The highest BCUT2D eigenvalue weighted by molar-refractivity contribution is 9.10. The Labute approximate surface area is 197 Å². The van der Waals surface area contributed by atoms with Crippen LogP contribution in [0.25, 0.3) is 21.5 Å². The van der Waals surface area contributed by atoms with Crippen LogP contribution in [0.15, 0.2) is 102 Å². The Hall–Kier alpha value is -3.30. The van der Waals surface area contributed by atoms with Gasteiger partial charge in [0.05, 0.1) is 0 Å². The lowest BCUT2D eigenvalue weighted by Gasteiger charge is -2.17. The van der Waals surface area contributed by atoms with Crippen molar-refractivity contribution in [3.8, 4) is 5.75 Å². The van der Waals surface area contributed by atoms with Gasteiger partial charge in [-0.1, -0.05) is 88.7 Å². The van der Waals surface area contributed by atoms with E-state index in [4.69, 9.17) is 4.74 Å². The summed E-state index contributed by atoms with van der Waals surface area (Å²) in [5.41, 5.74) is 4.70. The molecule has 0 saturated carbocycles. The quantitative estimate of drug-likeness (QED) is 0.263. The van der Waals surface area contributed by atoms with Gasteiger partial charge < -0.3 is 10.1 Å². The number of anilines is 1. The highest BCUT2D eigenvalue weighted by Crippen LogP contribution is 2.31. The van der Waals surface area contributed by atoms with Crippen LogP contribution in [0.2, 0.25) is 0 Å². The Morgan fingerprint density at radius 1 is 0.750 bits per heavy atom. The van der Waals surface area contributed by atoms with E-state index < -0.39 is 0 Å². The number of halogens is 1. The molecule has 0 unspecified atom stereocenters. The van der Waals surface area contributed by atoms with Crippen LogP contribution >= 0.6 is 15.9 Å². The summed E-state index contributed by atoms with van der Waals surface area (Å²) in [6, 6.07) is 33.9. The summed E-state index contributed by atoms with van der Waals surface area (Å²) in [6.07, 6.45) is 0. The maximum Gasteiger partial charge on any atom is 0.125 e. The molecule has 5 aromatic carbocycles. The van der Waals surface area contributed by atoms with Crippen molar-refractivity contribution in [3.05, 3.63) is 118 Å². The summed E-state index contributed by atoms with van der Waals surface area (Å²) in [5.74, 6) is 0.916. The molecule has 0 bridgehead atoms. The molecule has 32 heavy (non-hydrogen) atoms. The number of fused-ring (bicyclic) bond motifs is 2. The minimum absolute atomic E-state index is 0.532. The molecular weight excluding hydrogens is 458 g/mol. The smallest absolute Gasteiger partial charge is 0.125 e. The van der Waals surface area contributed by atoms with E-state index in [9.17, 15) is 0 Å². The molecule has 2 nitrogen and oxygen atoms in total. The van der Waals surface area contributed by atoms with E-state index in [0.717, 1.165) is 15.9 Å². The number of nitrogens with one attached hydrogen (secondary N) is 1. The lowest BCUT2D eigenvalue weighted by Crippen LogP contribution is -2.05. The summed E-state index contributed by atoms with van der Waals surface area (Å²) < 4.78 is 7.52. The summed E-state index contributed by atoms with van der Waals surface area (Å²) in [4.78, 5) is 0. The van der Waals surface area contributed by atoms with E-state index >= 15 is 0 Å². The summed E-state index contributed by atoms with van der Waals surface area (Å²) in [6.45, 7) is 3.34. The standard InChI is InChI=1S/C29H24BrNO/c1-20-17-24(30)14-15-28(20)31-18-27-26-12-5-3-8-22(26)13-16-29(27)32-19-23-10-6-9-21-7-2-4-11-25(21)23/h2-17,31H,18-19H2,1H3. The lowest BCUT2D eigenvalue weighted by molar-refractivity contribution is 0.305. The molecule has 0 radical (unpaired) electrons. The fourth-order valence-electron chi connectivity index (χ4n) is 4.22. The van der Waals surface area contributed by atoms with Crippen LogP contribution in [-0.4, -0.2) is 0 Å². The number of rotatable bonds is 6. The van der Waals surface area contributed by atoms with Gasteiger partial charge in [-0.05, 0) is 63.9 Å². The van der Waals surface area contributed by atoms with Crippen LogP contribution in [0.1, 0.15) is 16.7 Å². The summed E-state index contributed by atoms with van der Waals surface area (Å²) >= 11 is 3.55. The van der Waals surface area contributed by atoms with E-state index in [1.807, 2.05) is 0 Å². The van der Waals surface area contributed by atoms with E-state index in [1.165, 1.54) is 38.2 Å². The van der Waals surface area contributed by atoms with Crippen molar-refractivity contribution in [1.82, 2.24) is 0 Å². The molecule has 0 amide bonds. The Morgan fingerprint density at radius 2 is 1.47 bits per heavy atom. The highest BCUT2D eigenvalue weighted by Gasteiger charge is 2.11. The van der Waals surface area contributed by atoms with E-state index in [0.29, 0.717) is 13.2 Å². The highest BCUT2D eigenvalue weighted by atomic mass is 79.9.